The van der Waals surface area contributed by atoms with Crippen LogP contribution >= 0.6 is 0 Å². The number of hydrogen-bond acceptors (Lipinski definition) is 5. The number of carboxylic acids is 1. The molecule has 7 heteroatoms. The predicted molar refractivity (Wildman–Crippen MR) is 64.6 cm³/mol. The molecule has 0 saturated carbocycles. The van der Waals surface area contributed by atoms with Crippen LogP contribution in [0.2, 0.25) is 0 Å². The van der Waals surface area contributed by atoms with Gasteiger partial charge in [0, 0.05) is 5.70 Å². The van der Waals surface area contributed by atoms with Crippen molar-refractivity contribution < 1.29 is 19.2 Å². The molecule has 1 atom stereocenters. The van der Waals surface area contributed by atoms with Crippen LogP contribution in [0.3, 0.4) is 0 Å². The van der Waals surface area contributed by atoms with Gasteiger partial charge in [0.05, 0.1) is 22.5 Å². The van der Waals surface area contributed by atoms with E-state index in [0.717, 1.165) is 0 Å². The molecule has 0 saturated heterocycles. The monoisotopic (exact) mass is 264 g/mol. The van der Waals surface area contributed by atoms with Crippen LogP contribution in [0.4, 0.5) is 0 Å². The van der Waals surface area contributed by atoms with E-state index in [4.69, 9.17) is 4.42 Å². The summed E-state index contributed by atoms with van der Waals surface area (Å²) >= 11 is 0. The highest BCUT2D eigenvalue weighted by molar-refractivity contribution is 5.90. The minimum atomic E-state index is -1.21. The van der Waals surface area contributed by atoms with E-state index < -0.39 is 16.8 Å². The number of furan rings is 1. The maximum absolute atomic E-state index is 11.4. The van der Waals surface area contributed by atoms with Crippen LogP contribution in [-0.4, -0.2) is 16.0 Å². The third-order valence-corrected chi connectivity index (χ3v) is 2.98. The summed E-state index contributed by atoms with van der Waals surface area (Å²) in [4.78, 5) is 22.0. The number of carboxylic acid groups (broad SMARTS) is 1. The van der Waals surface area contributed by atoms with Crippen LogP contribution in [0.1, 0.15) is 25.5 Å². The maximum atomic E-state index is 11.4. The first-order chi connectivity index (χ1) is 8.93. The van der Waals surface area contributed by atoms with Gasteiger partial charge in [0.25, 0.3) is 5.70 Å². The minimum Gasteiger partial charge on any atom is -0.478 e. The van der Waals surface area contributed by atoms with E-state index in [0.29, 0.717) is 11.4 Å². The fourth-order valence-electron chi connectivity index (χ4n) is 2.24. The molecule has 0 aromatic carbocycles. The SMILES string of the molecule is CC1=C(C(=O)O)C(c2ccco2)C([N+](=O)[O-])=C(C)N1. The molecule has 1 unspecified atom stereocenters. The molecule has 2 N–H and O–H groups in total. The average molecular weight is 264 g/mol. The number of nitrogens with zero attached hydrogens (tertiary/aromatic N) is 1. The second-order valence-corrected chi connectivity index (χ2v) is 4.18. The smallest absolute Gasteiger partial charge is 0.334 e. The van der Waals surface area contributed by atoms with Crippen molar-refractivity contribution in [1.29, 1.82) is 0 Å². The molecule has 2 rings (SSSR count). The lowest BCUT2D eigenvalue weighted by Gasteiger charge is -2.23. The Morgan fingerprint density at radius 2 is 2.16 bits per heavy atom. The van der Waals surface area contributed by atoms with E-state index in [9.17, 15) is 20.0 Å². The van der Waals surface area contributed by atoms with Gasteiger partial charge in [0.2, 0.25) is 0 Å². The number of hydrogen-bond donors (Lipinski definition) is 2. The first-order valence-electron chi connectivity index (χ1n) is 5.53. The van der Waals surface area contributed by atoms with E-state index in [-0.39, 0.29) is 17.0 Å². The summed E-state index contributed by atoms with van der Waals surface area (Å²) in [5.74, 6) is -1.98. The Bertz CT molecular complexity index is 562. The van der Waals surface area contributed by atoms with Crippen LogP contribution in [0, 0.1) is 10.1 Å². The number of nitrogens with one attached hydrogen (secondary N) is 1. The topological polar surface area (TPSA) is 106 Å². The third-order valence-electron chi connectivity index (χ3n) is 2.98. The fraction of sp³-hybridized carbons (Fsp3) is 0.250. The lowest BCUT2D eigenvalue weighted by Crippen LogP contribution is -2.30. The highest BCUT2D eigenvalue weighted by Gasteiger charge is 2.41. The van der Waals surface area contributed by atoms with Gasteiger partial charge in [0.15, 0.2) is 0 Å². The van der Waals surface area contributed by atoms with Crippen LogP contribution < -0.4 is 5.32 Å². The number of dihydropyridines is 1. The van der Waals surface area contributed by atoms with E-state index in [1.54, 1.807) is 13.0 Å². The van der Waals surface area contributed by atoms with Crippen molar-refractivity contribution in [3.05, 3.63) is 56.9 Å². The molecule has 0 aliphatic carbocycles. The molecule has 0 spiro atoms. The summed E-state index contributed by atoms with van der Waals surface area (Å²) in [6.07, 6.45) is 1.36. The molecular formula is C12H12N2O5. The van der Waals surface area contributed by atoms with E-state index in [1.165, 1.54) is 19.3 Å². The predicted octanol–water partition coefficient (Wildman–Crippen LogP) is 1.83. The average Bonchev–Trinajstić information content (AvgIpc) is 2.79. The second-order valence-electron chi connectivity index (χ2n) is 4.18. The number of allylic oxidation sites excluding steroid dienone is 3. The van der Waals surface area contributed by atoms with Gasteiger partial charge in [-0.15, -0.1) is 0 Å². The van der Waals surface area contributed by atoms with Crippen LogP contribution in [0.5, 0.6) is 0 Å². The zero-order chi connectivity index (χ0) is 14.2. The first kappa shape index (κ1) is 12.9. The molecule has 0 amide bonds. The van der Waals surface area contributed by atoms with Crippen molar-refractivity contribution in [2.45, 2.75) is 19.8 Å². The highest BCUT2D eigenvalue weighted by Crippen LogP contribution is 2.38. The molecule has 7 nitrogen and oxygen atoms in total. The summed E-state index contributed by atoms with van der Waals surface area (Å²) < 4.78 is 5.17. The van der Waals surface area contributed by atoms with Crippen molar-refractivity contribution in [3.63, 3.8) is 0 Å². The van der Waals surface area contributed by atoms with E-state index in [2.05, 4.69) is 5.32 Å². The Morgan fingerprint density at radius 1 is 1.47 bits per heavy atom. The summed E-state index contributed by atoms with van der Waals surface area (Å²) in [6.45, 7) is 3.11. The maximum Gasteiger partial charge on any atom is 0.334 e. The van der Waals surface area contributed by atoms with Crippen molar-refractivity contribution >= 4 is 5.97 Å². The molecule has 100 valence electrons. The number of nitro groups is 1. The van der Waals surface area contributed by atoms with Gasteiger partial charge in [-0.3, -0.25) is 10.1 Å². The quantitative estimate of drug-likeness (QED) is 0.637. The highest BCUT2D eigenvalue weighted by atomic mass is 16.6. The van der Waals surface area contributed by atoms with Gasteiger partial charge < -0.3 is 14.8 Å². The summed E-state index contributed by atoms with van der Waals surface area (Å²) in [5, 5.41) is 23.2. The molecule has 1 aliphatic heterocycles. The number of aliphatic carboxylic acids is 1. The minimum absolute atomic E-state index is 0.0766. The molecule has 19 heavy (non-hydrogen) atoms. The second kappa shape index (κ2) is 4.60. The summed E-state index contributed by atoms with van der Waals surface area (Å²) in [7, 11) is 0. The zero-order valence-corrected chi connectivity index (χ0v) is 10.3. The van der Waals surface area contributed by atoms with Gasteiger partial charge in [0.1, 0.15) is 11.7 Å². The molecule has 1 aromatic heterocycles. The Kier molecular flexibility index (Phi) is 3.12. The van der Waals surface area contributed by atoms with Crippen molar-refractivity contribution in [3.8, 4) is 0 Å². The summed E-state index contributed by atoms with van der Waals surface area (Å²) in [6, 6.07) is 3.10. The number of carbonyl (C=O) groups is 1. The van der Waals surface area contributed by atoms with Crippen molar-refractivity contribution in [1.82, 2.24) is 5.32 Å². The van der Waals surface area contributed by atoms with Crippen molar-refractivity contribution in [2.75, 3.05) is 0 Å². The van der Waals surface area contributed by atoms with Gasteiger partial charge in [-0.05, 0) is 26.0 Å². The molecule has 1 aromatic rings. The molecule has 0 radical (unpaired) electrons. The van der Waals surface area contributed by atoms with Crippen LogP contribution in [0.15, 0.2) is 45.5 Å². The van der Waals surface area contributed by atoms with Gasteiger partial charge in [-0.25, -0.2) is 4.79 Å². The standard InChI is InChI=1S/C12H12N2O5/c1-6-9(12(15)16)10(8-4-3-5-19-8)11(14(17)18)7(2)13-6/h3-5,10,13H,1-2H3,(H,15,16). The Balaban J connectivity index is 2.65. The zero-order valence-electron chi connectivity index (χ0n) is 10.3. The Labute approximate surface area is 108 Å². The number of rotatable bonds is 3. The van der Waals surface area contributed by atoms with Crippen LogP contribution in [-0.2, 0) is 4.79 Å². The first-order valence-corrected chi connectivity index (χ1v) is 5.53. The molecule has 2 heterocycles. The molecular weight excluding hydrogens is 252 g/mol. The lowest BCUT2D eigenvalue weighted by molar-refractivity contribution is -0.431. The normalized spacial score (nSPS) is 19.4. The third kappa shape index (κ3) is 2.10. The summed E-state index contributed by atoms with van der Waals surface area (Å²) in [5.41, 5.74) is 0.399. The van der Waals surface area contributed by atoms with Gasteiger partial charge in [-0.1, -0.05) is 0 Å². The van der Waals surface area contributed by atoms with E-state index >= 15 is 0 Å². The largest absolute Gasteiger partial charge is 0.478 e. The van der Waals surface area contributed by atoms with Crippen molar-refractivity contribution in [2.24, 2.45) is 0 Å². The lowest BCUT2D eigenvalue weighted by atomic mass is 9.88. The van der Waals surface area contributed by atoms with E-state index in [1.807, 2.05) is 0 Å². The Morgan fingerprint density at radius 3 is 2.63 bits per heavy atom. The molecule has 0 fully saturated rings. The molecule has 0 bridgehead atoms. The van der Waals surface area contributed by atoms with Gasteiger partial charge >= 0.3 is 5.97 Å². The molecule has 1 aliphatic rings. The van der Waals surface area contributed by atoms with Gasteiger partial charge in [-0.2, -0.15) is 0 Å². The fourth-order valence-corrected chi connectivity index (χ4v) is 2.24. The van der Waals surface area contributed by atoms with Crippen LogP contribution in [0.25, 0.3) is 0 Å². The Hall–Kier alpha value is -2.57.